The normalized spacial score (nSPS) is 14.5. The predicted molar refractivity (Wildman–Crippen MR) is 57.7 cm³/mol. The van der Waals surface area contributed by atoms with E-state index >= 15 is 0 Å². The van der Waals surface area contributed by atoms with E-state index in [2.05, 4.69) is 28.1 Å². The molecule has 0 aromatic rings. The van der Waals surface area contributed by atoms with Crippen LogP contribution in [0.3, 0.4) is 0 Å². The number of unbranched alkanes of at least 4 members (excludes halogenated alkanes) is 3. The Kier molecular flexibility index (Phi) is 6.35. The Bertz CT molecular complexity index is 118. The first-order valence-electron chi connectivity index (χ1n) is 5.44. The van der Waals surface area contributed by atoms with E-state index in [1.807, 2.05) is 0 Å². The second-order valence-electron chi connectivity index (χ2n) is 4.80. The van der Waals surface area contributed by atoms with Gasteiger partial charge in [-0.05, 0) is 6.42 Å². The molecule has 0 aliphatic heterocycles. The number of quaternary nitrogens is 1. The highest BCUT2D eigenvalue weighted by molar-refractivity contribution is 4.56. The lowest BCUT2D eigenvalue weighted by Crippen LogP contribution is -2.47. The standard InChI is InChI=1S/C11H26NO/c1-5-6-7-8-9-11(10-13)12(2,3)4/h11,13H,5-10H2,1-4H3/q+1. The van der Waals surface area contributed by atoms with Crippen molar-refractivity contribution in [2.24, 2.45) is 0 Å². The Labute approximate surface area is 83.2 Å². The van der Waals surface area contributed by atoms with Gasteiger partial charge in [0.1, 0.15) is 6.04 Å². The van der Waals surface area contributed by atoms with Crippen LogP contribution < -0.4 is 0 Å². The maximum absolute atomic E-state index is 9.20. The molecule has 13 heavy (non-hydrogen) atoms. The lowest BCUT2D eigenvalue weighted by molar-refractivity contribution is -0.897. The van der Waals surface area contributed by atoms with Gasteiger partial charge in [-0.3, -0.25) is 0 Å². The average Bonchev–Trinajstić information content (AvgIpc) is 2.02. The molecule has 2 heteroatoms. The summed E-state index contributed by atoms with van der Waals surface area (Å²) in [5.41, 5.74) is 0. The topological polar surface area (TPSA) is 20.2 Å². The van der Waals surface area contributed by atoms with Gasteiger partial charge in [0.05, 0.1) is 27.7 Å². The lowest BCUT2D eigenvalue weighted by atomic mass is 10.1. The average molecular weight is 188 g/mol. The Morgan fingerprint density at radius 3 is 2.08 bits per heavy atom. The van der Waals surface area contributed by atoms with Gasteiger partial charge < -0.3 is 9.59 Å². The first kappa shape index (κ1) is 12.9. The monoisotopic (exact) mass is 188 g/mol. The van der Waals surface area contributed by atoms with Crippen molar-refractivity contribution in [2.45, 2.75) is 45.1 Å². The first-order chi connectivity index (χ1) is 6.02. The van der Waals surface area contributed by atoms with E-state index in [9.17, 15) is 5.11 Å². The third-order valence-electron chi connectivity index (χ3n) is 2.70. The quantitative estimate of drug-likeness (QED) is 0.479. The zero-order valence-corrected chi connectivity index (χ0v) is 9.71. The minimum atomic E-state index is 0.315. The Hall–Kier alpha value is -0.0800. The summed E-state index contributed by atoms with van der Waals surface area (Å²) in [6.07, 6.45) is 6.34. The predicted octanol–water partition coefficient (Wildman–Crippen LogP) is 2.02. The van der Waals surface area contributed by atoms with Crippen molar-refractivity contribution >= 4 is 0 Å². The van der Waals surface area contributed by atoms with Crippen LogP contribution in [0.15, 0.2) is 0 Å². The Morgan fingerprint density at radius 2 is 1.69 bits per heavy atom. The third kappa shape index (κ3) is 6.05. The third-order valence-corrected chi connectivity index (χ3v) is 2.70. The summed E-state index contributed by atoms with van der Waals surface area (Å²) in [4.78, 5) is 0. The Balaban J connectivity index is 3.61. The summed E-state index contributed by atoms with van der Waals surface area (Å²) in [5, 5.41) is 9.20. The van der Waals surface area contributed by atoms with Crippen LogP contribution in [0.2, 0.25) is 0 Å². The van der Waals surface area contributed by atoms with Crippen molar-refractivity contribution in [2.75, 3.05) is 27.7 Å². The van der Waals surface area contributed by atoms with E-state index in [1.165, 1.54) is 25.7 Å². The molecule has 0 bridgehead atoms. The molecule has 0 saturated heterocycles. The smallest absolute Gasteiger partial charge is 0.112 e. The summed E-state index contributed by atoms with van der Waals surface area (Å²) in [7, 11) is 6.46. The number of aliphatic hydroxyl groups is 1. The summed E-state index contributed by atoms with van der Waals surface area (Å²) in [6, 6.07) is 0.414. The van der Waals surface area contributed by atoms with Gasteiger partial charge in [-0.25, -0.2) is 0 Å². The maximum atomic E-state index is 9.20. The summed E-state index contributed by atoms with van der Waals surface area (Å²) in [6.45, 7) is 2.54. The summed E-state index contributed by atoms with van der Waals surface area (Å²) >= 11 is 0. The van der Waals surface area contributed by atoms with Gasteiger partial charge in [-0.2, -0.15) is 0 Å². The molecule has 0 aliphatic carbocycles. The summed E-state index contributed by atoms with van der Waals surface area (Å²) < 4.78 is 0.878. The molecular formula is C11H26NO+. The van der Waals surface area contributed by atoms with E-state index in [-0.39, 0.29) is 0 Å². The second-order valence-corrected chi connectivity index (χ2v) is 4.80. The van der Waals surface area contributed by atoms with Gasteiger partial charge in [0, 0.05) is 6.42 Å². The fourth-order valence-corrected chi connectivity index (χ4v) is 1.53. The zero-order valence-electron chi connectivity index (χ0n) is 9.71. The first-order valence-corrected chi connectivity index (χ1v) is 5.44. The molecule has 0 rings (SSSR count). The van der Waals surface area contributed by atoms with Gasteiger partial charge in [-0.1, -0.05) is 26.2 Å². The van der Waals surface area contributed by atoms with Crippen LogP contribution in [0.1, 0.15) is 39.0 Å². The van der Waals surface area contributed by atoms with E-state index in [4.69, 9.17) is 0 Å². The Morgan fingerprint density at radius 1 is 1.08 bits per heavy atom. The van der Waals surface area contributed by atoms with E-state index < -0.39 is 0 Å². The SMILES string of the molecule is CCCCCCC(CO)[N+](C)(C)C. The molecule has 0 radical (unpaired) electrons. The number of hydrogen-bond acceptors (Lipinski definition) is 1. The minimum absolute atomic E-state index is 0.315. The summed E-state index contributed by atoms with van der Waals surface area (Å²) in [5.74, 6) is 0. The van der Waals surface area contributed by atoms with Gasteiger partial charge in [0.2, 0.25) is 0 Å². The van der Waals surface area contributed by atoms with Crippen LogP contribution in [-0.2, 0) is 0 Å². The van der Waals surface area contributed by atoms with Crippen LogP contribution in [0.25, 0.3) is 0 Å². The van der Waals surface area contributed by atoms with Crippen LogP contribution >= 0.6 is 0 Å². The highest BCUT2D eigenvalue weighted by atomic mass is 16.3. The molecule has 2 nitrogen and oxygen atoms in total. The molecule has 0 heterocycles. The highest BCUT2D eigenvalue weighted by Gasteiger charge is 2.21. The fraction of sp³-hybridized carbons (Fsp3) is 1.00. The number of nitrogens with zero attached hydrogens (tertiary/aromatic N) is 1. The van der Waals surface area contributed by atoms with Crippen LogP contribution in [0.5, 0.6) is 0 Å². The van der Waals surface area contributed by atoms with Crippen molar-refractivity contribution in [1.29, 1.82) is 0 Å². The van der Waals surface area contributed by atoms with Crippen molar-refractivity contribution in [1.82, 2.24) is 0 Å². The minimum Gasteiger partial charge on any atom is -0.390 e. The molecule has 0 aromatic carbocycles. The van der Waals surface area contributed by atoms with Crippen molar-refractivity contribution < 1.29 is 9.59 Å². The largest absolute Gasteiger partial charge is 0.390 e. The van der Waals surface area contributed by atoms with Crippen LogP contribution in [0.4, 0.5) is 0 Å². The number of hydrogen-bond donors (Lipinski definition) is 1. The van der Waals surface area contributed by atoms with Crippen molar-refractivity contribution in [3.63, 3.8) is 0 Å². The van der Waals surface area contributed by atoms with E-state index in [1.54, 1.807) is 0 Å². The second kappa shape index (κ2) is 6.39. The fourth-order valence-electron chi connectivity index (χ4n) is 1.53. The molecule has 1 atom stereocenters. The molecule has 0 spiro atoms. The molecule has 0 aliphatic rings. The maximum Gasteiger partial charge on any atom is 0.112 e. The zero-order chi connectivity index (χ0) is 10.3. The molecule has 0 fully saturated rings. The van der Waals surface area contributed by atoms with Gasteiger partial charge in [-0.15, -0.1) is 0 Å². The molecule has 0 amide bonds. The lowest BCUT2D eigenvalue weighted by Gasteiger charge is -2.33. The molecule has 1 N–H and O–H groups in total. The van der Waals surface area contributed by atoms with Gasteiger partial charge >= 0.3 is 0 Å². The highest BCUT2D eigenvalue weighted by Crippen LogP contribution is 2.12. The van der Waals surface area contributed by atoms with Crippen molar-refractivity contribution in [3.8, 4) is 0 Å². The van der Waals surface area contributed by atoms with E-state index in [0.717, 1.165) is 10.9 Å². The van der Waals surface area contributed by atoms with Crippen LogP contribution in [0, 0.1) is 0 Å². The molecule has 0 saturated carbocycles. The number of rotatable bonds is 7. The molecule has 1 unspecified atom stereocenters. The molecule has 80 valence electrons. The number of likely N-dealkylation sites (N-methyl/N-ethyl adjacent to an activating group) is 1. The molecular weight excluding hydrogens is 162 g/mol. The van der Waals surface area contributed by atoms with E-state index in [0.29, 0.717) is 12.6 Å². The number of aliphatic hydroxyl groups excluding tert-OH is 1. The van der Waals surface area contributed by atoms with Crippen LogP contribution in [-0.4, -0.2) is 43.4 Å². The van der Waals surface area contributed by atoms with Gasteiger partial charge in [0.15, 0.2) is 0 Å². The molecule has 0 aromatic heterocycles. The van der Waals surface area contributed by atoms with Crippen molar-refractivity contribution in [3.05, 3.63) is 0 Å². The van der Waals surface area contributed by atoms with Gasteiger partial charge in [0.25, 0.3) is 0 Å².